The third-order valence-electron chi connectivity index (χ3n) is 7.10. The number of aromatic nitrogens is 3. The van der Waals surface area contributed by atoms with E-state index in [2.05, 4.69) is 14.7 Å². The minimum Gasteiger partial charge on any atom is -0.473 e. The highest BCUT2D eigenvalue weighted by Crippen LogP contribution is 2.25. The van der Waals surface area contributed by atoms with Crippen molar-refractivity contribution < 1.29 is 23.4 Å². The van der Waals surface area contributed by atoms with E-state index in [1.807, 2.05) is 34.2 Å². The highest BCUT2D eigenvalue weighted by molar-refractivity contribution is 6.30. The van der Waals surface area contributed by atoms with Gasteiger partial charge in [0.1, 0.15) is 30.4 Å². The van der Waals surface area contributed by atoms with Crippen molar-refractivity contribution in [1.82, 2.24) is 19.5 Å². The number of ether oxygens (including phenoxy) is 3. The first-order chi connectivity index (χ1) is 20.0. The van der Waals surface area contributed by atoms with E-state index < -0.39 is 5.82 Å². The summed E-state index contributed by atoms with van der Waals surface area (Å²) in [4.78, 5) is 23.5. The summed E-state index contributed by atoms with van der Waals surface area (Å²) in [7, 11) is 1.37. The van der Waals surface area contributed by atoms with Gasteiger partial charge < -0.3 is 23.7 Å². The topological polar surface area (TPSA) is 94.3 Å². The number of pyridine rings is 1. The fraction of sp³-hybridized carbons (Fsp3) is 0.310. The van der Waals surface area contributed by atoms with Gasteiger partial charge in [0.15, 0.2) is 0 Å². The molecule has 2 aromatic carbocycles. The number of nitrogens with zero attached hydrogens (tertiary/aromatic N) is 6. The molecule has 4 heterocycles. The maximum absolute atomic E-state index is 14.1. The number of benzene rings is 2. The van der Waals surface area contributed by atoms with Gasteiger partial charge in [-0.05, 0) is 42.8 Å². The summed E-state index contributed by atoms with van der Waals surface area (Å²) in [5, 5.41) is 6.92. The fourth-order valence-corrected chi connectivity index (χ4v) is 4.90. The first kappa shape index (κ1) is 27.0. The lowest BCUT2D eigenvalue weighted by Crippen LogP contribution is -2.38. The minimum absolute atomic E-state index is 0.0370. The van der Waals surface area contributed by atoms with E-state index in [1.165, 1.54) is 13.2 Å². The van der Waals surface area contributed by atoms with Crippen LogP contribution in [0.15, 0.2) is 59.7 Å². The van der Waals surface area contributed by atoms with Crippen molar-refractivity contribution in [1.29, 1.82) is 0 Å². The van der Waals surface area contributed by atoms with Crippen LogP contribution in [-0.4, -0.2) is 64.8 Å². The zero-order valence-electron chi connectivity index (χ0n) is 22.4. The summed E-state index contributed by atoms with van der Waals surface area (Å²) in [5.41, 5.74) is 2.54. The highest BCUT2D eigenvalue weighted by atomic mass is 35.5. The summed E-state index contributed by atoms with van der Waals surface area (Å²) < 4.78 is 32.5. The van der Waals surface area contributed by atoms with E-state index in [0.717, 1.165) is 29.9 Å². The molecule has 0 unspecified atom stereocenters. The Morgan fingerprint density at radius 1 is 1.15 bits per heavy atom. The number of esters is 1. The third-order valence-corrected chi connectivity index (χ3v) is 7.33. The van der Waals surface area contributed by atoms with Gasteiger partial charge in [-0.15, -0.1) is 0 Å². The standard InChI is InChI=1S/C29H28ClFN6O4/c1-39-29(38)19-6-8-24-25(13-19)37(15-22-9-12-40-22)27(33-24)16-36-11-10-35(18-32-36)26-3-2-4-28(34-26)41-17-20-5-7-21(30)14-23(20)31/h2-8,13-14,18,22H,9-12,15-17H2,1H3/t22-/m0/s1. The van der Waals surface area contributed by atoms with Gasteiger partial charge >= 0.3 is 5.97 Å². The molecule has 1 saturated heterocycles. The normalized spacial score (nSPS) is 16.6. The predicted octanol–water partition coefficient (Wildman–Crippen LogP) is 4.64. The molecule has 4 aromatic rings. The van der Waals surface area contributed by atoms with Crippen molar-refractivity contribution in [2.45, 2.75) is 32.2 Å². The van der Waals surface area contributed by atoms with Crippen LogP contribution >= 0.6 is 11.6 Å². The van der Waals surface area contributed by atoms with Gasteiger partial charge in [0.2, 0.25) is 5.88 Å². The molecule has 2 aliphatic rings. The zero-order valence-corrected chi connectivity index (χ0v) is 23.1. The maximum Gasteiger partial charge on any atom is 0.337 e. The summed E-state index contributed by atoms with van der Waals surface area (Å²) in [5.74, 6) is 1.08. The Labute approximate surface area is 240 Å². The second-order valence-electron chi connectivity index (χ2n) is 9.79. The van der Waals surface area contributed by atoms with Gasteiger partial charge in [0, 0.05) is 29.8 Å². The van der Waals surface area contributed by atoms with Crippen LogP contribution in [0, 0.1) is 5.82 Å². The summed E-state index contributed by atoms with van der Waals surface area (Å²) >= 11 is 5.83. The molecule has 12 heteroatoms. The number of anilines is 1. The Kier molecular flexibility index (Phi) is 7.71. The van der Waals surface area contributed by atoms with Crippen LogP contribution in [0.1, 0.15) is 28.2 Å². The Bertz CT molecular complexity index is 1610. The Morgan fingerprint density at radius 3 is 2.76 bits per heavy atom. The number of hydrazone groups is 1. The first-order valence-corrected chi connectivity index (χ1v) is 13.6. The highest BCUT2D eigenvalue weighted by Gasteiger charge is 2.24. The number of methoxy groups -OCH3 is 1. The van der Waals surface area contributed by atoms with Crippen molar-refractivity contribution >= 4 is 40.8 Å². The molecule has 212 valence electrons. The van der Waals surface area contributed by atoms with E-state index in [-0.39, 0.29) is 18.7 Å². The second kappa shape index (κ2) is 11.7. The quantitative estimate of drug-likeness (QED) is 0.265. The Hall–Kier alpha value is -4.22. The largest absolute Gasteiger partial charge is 0.473 e. The number of hydrogen-bond donors (Lipinski definition) is 0. The molecule has 0 saturated carbocycles. The van der Waals surface area contributed by atoms with Gasteiger partial charge in [0.05, 0.1) is 49.4 Å². The molecule has 41 heavy (non-hydrogen) atoms. The molecule has 0 spiro atoms. The van der Waals surface area contributed by atoms with Gasteiger partial charge in [-0.25, -0.2) is 14.2 Å². The predicted molar refractivity (Wildman–Crippen MR) is 152 cm³/mol. The van der Waals surface area contributed by atoms with Crippen molar-refractivity contribution in [2.24, 2.45) is 5.10 Å². The van der Waals surface area contributed by atoms with Crippen LogP contribution in [0.4, 0.5) is 10.2 Å². The number of rotatable bonds is 9. The van der Waals surface area contributed by atoms with Gasteiger partial charge in [-0.3, -0.25) is 5.01 Å². The summed E-state index contributed by atoms with van der Waals surface area (Å²) in [6.07, 6.45) is 2.83. The van der Waals surface area contributed by atoms with Crippen LogP contribution < -0.4 is 9.64 Å². The van der Waals surface area contributed by atoms with Crippen LogP contribution in [0.5, 0.6) is 5.88 Å². The van der Waals surface area contributed by atoms with E-state index in [0.29, 0.717) is 54.0 Å². The molecule has 2 aliphatic heterocycles. The van der Waals surface area contributed by atoms with Crippen molar-refractivity contribution in [2.75, 3.05) is 31.7 Å². The molecule has 10 nitrogen and oxygen atoms in total. The molecule has 0 N–H and O–H groups in total. The third kappa shape index (κ3) is 5.96. The average molecular weight is 579 g/mol. The SMILES string of the molecule is COC(=O)c1ccc2nc(CN3CCN(c4cccc(OCc5ccc(Cl)cc5F)n4)C=N3)n(C[C@@H]3CCO3)c2c1. The number of imidazole rings is 1. The lowest BCUT2D eigenvalue weighted by Gasteiger charge is -2.30. The number of carbonyl (C=O) groups is 1. The number of halogens is 2. The van der Waals surface area contributed by atoms with Gasteiger partial charge in [0.25, 0.3) is 0 Å². The molecule has 1 atom stereocenters. The van der Waals surface area contributed by atoms with Crippen molar-refractivity contribution in [3.8, 4) is 5.88 Å². The van der Waals surface area contributed by atoms with E-state index in [1.54, 1.807) is 30.6 Å². The van der Waals surface area contributed by atoms with Crippen LogP contribution in [0.3, 0.4) is 0 Å². The lowest BCUT2D eigenvalue weighted by atomic mass is 10.1. The Balaban J connectivity index is 1.15. The molecule has 0 amide bonds. The molecule has 1 fully saturated rings. The Morgan fingerprint density at radius 2 is 2.02 bits per heavy atom. The number of carbonyl (C=O) groups excluding carboxylic acids is 1. The molecule has 0 aliphatic carbocycles. The van der Waals surface area contributed by atoms with Gasteiger partial charge in [-0.2, -0.15) is 10.1 Å². The van der Waals surface area contributed by atoms with Crippen LogP contribution in [0.25, 0.3) is 11.0 Å². The van der Waals surface area contributed by atoms with Crippen molar-refractivity contribution in [3.63, 3.8) is 0 Å². The second-order valence-corrected chi connectivity index (χ2v) is 10.2. The van der Waals surface area contributed by atoms with Crippen molar-refractivity contribution in [3.05, 3.63) is 82.4 Å². The molecular formula is C29H28ClFN6O4. The van der Waals surface area contributed by atoms with Crippen LogP contribution in [-0.2, 0) is 29.2 Å². The maximum atomic E-state index is 14.1. The molecule has 6 rings (SSSR count). The number of hydrogen-bond acceptors (Lipinski definition) is 9. The van der Waals surface area contributed by atoms with E-state index >= 15 is 0 Å². The minimum atomic E-state index is -0.422. The molecular weight excluding hydrogens is 551 g/mol. The summed E-state index contributed by atoms with van der Waals surface area (Å²) in [6.45, 7) is 3.21. The first-order valence-electron chi connectivity index (χ1n) is 13.3. The summed E-state index contributed by atoms with van der Waals surface area (Å²) in [6, 6.07) is 15.3. The molecule has 2 aromatic heterocycles. The van der Waals surface area contributed by atoms with Crippen LogP contribution in [0.2, 0.25) is 5.02 Å². The zero-order chi connectivity index (χ0) is 28.3. The number of fused-ring (bicyclic) bond motifs is 1. The fourth-order valence-electron chi connectivity index (χ4n) is 4.74. The van der Waals surface area contributed by atoms with E-state index in [9.17, 15) is 9.18 Å². The molecule has 0 bridgehead atoms. The molecule has 0 radical (unpaired) electrons. The lowest BCUT2D eigenvalue weighted by molar-refractivity contribution is -0.0592. The monoisotopic (exact) mass is 578 g/mol. The smallest absolute Gasteiger partial charge is 0.337 e. The van der Waals surface area contributed by atoms with Gasteiger partial charge in [-0.1, -0.05) is 23.7 Å². The average Bonchev–Trinajstić information content (AvgIpc) is 3.30. The van der Waals surface area contributed by atoms with E-state index in [4.69, 9.17) is 30.8 Å².